The average Bonchev–Trinajstić information content (AvgIpc) is 2.98. The summed E-state index contributed by atoms with van der Waals surface area (Å²) < 4.78 is 24.8. The number of benzene rings is 1. The van der Waals surface area contributed by atoms with E-state index < -0.39 is 0 Å². The predicted octanol–water partition coefficient (Wildman–Crippen LogP) is 3.11. The van der Waals surface area contributed by atoms with Gasteiger partial charge in [-0.25, -0.2) is 9.37 Å². The molecule has 1 fully saturated rings. The highest BCUT2D eigenvalue weighted by Crippen LogP contribution is 2.26. The van der Waals surface area contributed by atoms with Gasteiger partial charge in [-0.15, -0.1) is 0 Å². The van der Waals surface area contributed by atoms with E-state index in [1.807, 2.05) is 6.92 Å². The molecule has 0 amide bonds. The molecule has 124 valence electrons. The Hall–Kier alpha value is -2.70. The summed E-state index contributed by atoms with van der Waals surface area (Å²) in [5, 5.41) is 0. The first kappa shape index (κ1) is 14.9. The summed E-state index contributed by atoms with van der Waals surface area (Å²) in [5.74, 6) is 0.238. The largest absolute Gasteiger partial charge is 0.473 e. The molecule has 24 heavy (non-hydrogen) atoms. The topological polar surface area (TPSA) is 64.3 Å². The zero-order valence-electron chi connectivity index (χ0n) is 13.3. The van der Waals surface area contributed by atoms with Crippen LogP contribution < -0.4 is 9.64 Å². The molecule has 0 unspecified atom stereocenters. The van der Waals surface area contributed by atoms with Gasteiger partial charge in [-0.3, -0.25) is 4.98 Å². The quantitative estimate of drug-likeness (QED) is 0.736. The smallest absolute Gasteiger partial charge is 0.298 e. The molecule has 7 heteroatoms. The van der Waals surface area contributed by atoms with Gasteiger partial charge in [0, 0.05) is 38.2 Å². The summed E-state index contributed by atoms with van der Waals surface area (Å²) in [4.78, 5) is 14.9. The van der Waals surface area contributed by atoms with Crippen LogP contribution in [0.4, 0.5) is 10.4 Å². The summed E-state index contributed by atoms with van der Waals surface area (Å²) in [6.45, 7) is 3.41. The maximum atomic E-state index is 13.2. The molecule has 1 saturated heterocycles. The van der Waals surface area contributed by atoms with Gasteiger partial charge in [-0.1, -0.05) is 0 Å². The molecule has 1 aliphatic rings. The second-order valence-electron chi connectivity index (χ2n) is 5.91. The lowest BCUT2D eigenvalue weighted by atomic mass is 10.1. The molecular formula is C17H17FN4O2. The van der Waals surface area contributed by atoms with E-state index in [-0.39, 0.29) is 11.9 Å². The lowest BCUT2D eigenvalue weighted by Crippen LogP contribution is -2.38. The van der Waals surface area contributed by atoms with Crippen molar-refractivity contribution in [2.45, 2.75) is 25.9 Å². The van der Waals surface area contributed by atoms with E-state index in [9.17, 15) is 4.39 Å². The zero-order chi connectivity index (χ0) is 16.5. The SMILES string of the molecule is Cc1cncc(OC2CCN(c3nc4ccc(F)cc4o3)CC2)n1. The molecule has 0 aliphatic carbocycles. The van der Waals surface area contributed by atoms with Crippen LogP contribution in [0.1, 0.15) is 18.5 Å². The number of fused-ring (bicyclic) bond motifs is 1. The molecule has 0 N–H and O–H groups in total. The van der Waals surface area contributed by atoms with E-state index in [2.05, 4.69) is 19.9 Å². The van der Waals surface area contributed by atoms with Crippen molar-refractivity contribution in [3.05, 3.63) is 42.1 Å². The van der Waals surface area contributed by atoms with Gasteiger partial charge in [0.25, 0.3) is 6.01 Å². The molecule has 3 heterocycles. The van der Waals surface area contributed by atoms with E-state index in [4.69, 9.17) is 9.15 Å². The highest BCUT2D eigenvalue weighted by Gasteiger charge is 2.24. The fraction of sp³-hybridized carbons (Fsp3) is 0.353. The number of oxazole rings is 1. The van der Waals surface area contributed by atoms with Crippen molar-refractivity contribution in [1.29, 1.82) is 0 Å². The molecule has 0 spiro atoms. The lowest BCUT2D eigenvalue weighted by molar-refractivity contribution is 0.161. The Kier molecular flexibility index (Phi) is 3.76. The first-order chi connectivity index (χ1) is 11.7. The third-order valence-electron chi connectivity index (χ3n) is 4.07. The van der Waals surface area contributed by atoms with Gasteiger partial charge in [-0.2, -0.15) is 4.98 Å². The molecule has 2 aromatic heterocycles. The minimum absolute atomic E-state index is 0.0965. The van der Waals surface area contributed by atoms with Gasteiger partial charge in [0.1, 0.15) is 17.4 Å². The number of aromatic nitrogens is 3. The molecule has 0 bridgehead atoms. The fourth-order valence-corrected chi connectivity index (χ4v) is 2.85. The molecule has 4 rings (SSSR count). The second kappa shape index (κ2) is 6.07. The van der Waals surface area contributed by atoms with Crippen LogP contribution in [0.2, 0.25) is 0 Å². The third kappa shape index (κ3) is 3.02. The number of piperidine rings is 1. The maximum absolute atomic E-state index is 13.2. The van der Waals surface area contributed by atoms with Crippen molar-refractivity contribution < 1.29 is 13.5 Å². The number of nitrogens with zero attached hydrogens (tertiary/aromatic N) is 4. The molecular weight excluding hydrogens is 311 g/mol. The van der Waals surface area contributed by atoms with Crippen LogP contribution in [-0.4, -0.2) is 34.1 Å². The van der Waals surface area contributed by atoms with Gasteiger partial charge >= 0.3 is 0 Å². The van der Waals surface area contributed by atoms with E-state index in [1.54, 1.807) is 18.5 Å². The summed E-state index contributed by atoms with van der Waals surface area (Å²) in [6.07, 6.45) is 5.10. The van der Waals surface area contributed by atoms with Crippen molar-refractivity contribution in [3.63, 3.8) is 0 Å². The number of ether oxygens (including phenoxy) is 1. The number of halogens is 1. The van der Waals surface area contributed by atoms with E-state index >= 15 is 0 Å². The van der Waals surface area contributed by atoms with Crippen molar-refractivity contribution in [3.8, 4) is 5.88 Å². The second-order valence-corrected chi connectivity index (χ2v) is 5.91. The number of hydrogen-bond donors (Lipinski definition) is 0. The van der Waals surface area contributed by atoms with Crippen LogP contribution in [0.15, 0.2) is 35.0 Å². The van der Waals surface area contributed by atoms with Crippen LogP contribution in [0.25, 0.3) is 11.1 Å². The summed E-state index contributed by atoms with van der Waals surface area (Å²) >= 11 is 0. The standard InChI is InChI=1S/C17H17FN4O2/c1-11-9-19-10-16(20-11)23-13-4-6-22(7-5-13)17-21-14-3-2-12(18)8-15(14)24-17/h2-3,8-10,13H,4-7H2,1H3. The minimum atomic E-state index is -0.323. The van der Waals surface area contributed by atoms with Crippen LogP contribution in [0, 0.1) is 12.7 Å². The zero-order valence-corrected chi connectivity index (χ0v) is 13.3. The van der Waals surface area contributed by atoms with Crippen molar-refractivity contribution >= 4 is 17.1 Å². The Balaban J connectivity index is 1.41. The number of hydrogen-bond acceptors (Lipinski definition) is 6. The van der Waals surface area contributed by atoms with Crippen molar-refractivity contribution in [2.24, 2.45) is 0 Å². The Bertz CT molecular complexity index is 859. The number of rotatable bonds is 3. The molecule has 3 aromatic rings. The van der Waals surface area contributed by atoms with Gasteiger partial charge in [-0.05, 0) is 19.1 Å². The minimum Gasteiger partial charge on any atom is -0.473 e. The molecule has 1 aliphatic heterocycles. The first-order valence-corrected chi connectivity index (χ1v) is 7.94. The first-order valence-electron chi connectivity index (χ1n) is 7.94. The lowest BCUT2D eigenvalue weighted by Gasteiger charge is -2.30. The third-order valence-corrected chi connectivity index (χ3v) is 4.07. The number of anilines is 1. The van der Waals surface area contributed by atoms with Gasteiger partial charge in [0.15, 0.2) is 5.58 Å². The Morgan fingerprint density at radius 2 is 2.04 bits per heavy atom. The van der Waals surface area contributed by atoms with Crippen LogP contribution in [0.5, 0.6) is 5.88 Å². The van der Waals surface area contributed by atoms with Gasteiger partial charge < -0.3 is 14.1 Å². The molecule has 0 atom stereocenters. The highest BCUT2D eigenvalue weighted by atomic mass is 19.1. The van der Waals surface area contributed by atoms with E-state index in [0.717, 1.165) is 31.6 Å². The van der Waals surface area contributed by atoms with Gasteiger partial charge in [0.2, 0.25) is 5.88 Å². The average molecular weight is 328 g/mol. The van der Waals surface area contributed by atoms with Crippen molar-refractivity contribution in [1.82, 2.24) is 15.0 Å². The van der Waals surface area contributed by atoms with Crippen molar-refractivity contribution in [2.75, 3.05) is 18.0 Å². The highest BCUT2D eigenvalue weighted by molar-refractivity contribution is 5.74. The van der Waals surface area contributed by atoms with Crippen LogP contribution in [0.3, 0.4) is 0 Å². The van der Waals surface area contributed by atoms with Gasteiger partial charge in [0.05, 0.1) is 11.9 Å². The van der Waals surface area contributed by atoms with E-state index in [1.165, 1.54) is 12.1 Å². The van der Waals surface area contributed by atoms with Crippen LogP contribution >= 0.6 is 0 Å². The Morgan fingerprint density at radius 1 is 1.21 bits per heavy atom. The molecule has 6 nitrogen and oxygen atoms in total. The molecule has 0 saturated carbocycles. The predicted molar refractivity (Wildman–Crippen MR) is 86.6 cm³/mol. The summed E-state index contributed by atoms with van der Waals surface area (Å²) in [5.41, 5.74) is 1.97. The van der Waals surface area contributed by atoms with E-state index in [0.29, 0.717) is 23.0 Å². The Morgan fingerprint density at radius 3 is 2.83 bits per heavy atom. The Labute approximate surface area is 138 Å². The monoisotopic (exact) mass is 328 g/mol. The molecule has 0 radical (unpaired) electrons. The maximum Gasteiger partial charge on any atom is 0.298 e. The number of aryl methyl sites for hydroxylation is 1. The molecule has 1 aromatic carbocycles. The van der Waals surface area contributed by atoms with Crippen LogP contribution in [-0.2, 0) is 0 Å². The fourth-order valence-electron chi connectivity index (χ4n) is 2.85. The summed E-state index contributed by atoms with van der Waals surface area (Å²) in [7, 11) is 0. The summed E-state index contributed by atoms with van der Waals surface area (Å²) in [6, 6.07) is 4.91. The normalized spacial score (nSPS) is 15.8.